The summed E-state index contributed by atoms with van der Waals surface area (Å²) in [7, 11) is -4.79. The van der Waals surface area contributed by atoms with Crippen molar-refractivity contribution in [1.82, 2.24) is 9.97 Å². The molecule has 0 radical (unpaired) electrons. The van der Waals surface area contributed by atoms with Crippen LogP contribution in [0.25, 0.3) is 0 Å². The van der Waals surface area contributed by atoms with Crippen LogP contribution >= 0.6 is 0 Å². The van der Waals surface area contributed by atoms with Crippen LogP contribution in [0, 0.1) is 11.3 Å². The number of pyridine rings is 2. The zero-order valence-corrected chi connectivity index (χ0v) is 12.5. The molecule has 0 fully saturated rings. The van der Waals surface area contributed by atoms with Crippen molar-refractivity contribution in [2.75, 3.05) is 0 Å². The molecule has 0 N–H and O–H groups in total. The van der Waals surface area contributed by atoms with Gasteiger partial charge in [-0.3, -0.25) is 0 Å². The minimum atomic E-state index is -4.93. The Morgan fingerprint density at radius 1 is 0.920 bits per heavy atom. The highest BCUT2D eigenvalue weighted by Crippen LogP contribution is 2.33. The SMILES string of the molecule is N#Cc1ncc(C(F)(F)F)cc1S(=O)(=O)c1ccc(C(F)(F)F)cn1. The molecule has 12 heteroatoms. The van der Waals surface area contributed by atoms with Crippen LogP contribution in [-0.4, -0.2) is 18.4 Å². The predicted octanol–water partition coefficient (Wildman–Crippen LogP) is 3.22. The van der Waals surface area contributed by atoms with Gasteiger partial charge >= 0.3 is 12.4 Å². The smallest absolute Gasteiger partial charge is 0.244 e. The Labute approximate surface area is 136 Å². The maximum Gasteiger partial charge on any atom is 0.417 e. The molecule has 0 aliphatic heterocycles. The van der Waals surface area contributed by atoms with E-state index in [4.69, 9.17) is 5.26 Å². The molecule has 0 aromatic carbocycles. The third kappa shape index (κ3) is 3.71. The van der Waals surface area contributed by atoms with Gasteiger partial charge < -0.3 is 0 Å². The van der Waals surface area contributed by atoms with Crippen molar-refractivity contribution in [2.45, 2.75) is 22.3 Å². The monoisotopic (exact) mass is 381 g/mol. The van der Waals surface area contributed by atoms with Crippen LogP contribution in [0.15, 0.2) is 40.5 Å². The number of hydrogen-bond acceptors (Lipinski definition) is 5. The number of sulfone groups is 1. The van der Waals surface area contributed by atoms with E-state index in [0.717, 1.165) is 0 Å². The van der Waals surface area contributed by atoms with Gasteiger partial charge in [-0.15, -0.1) is 0 Å². The highest BCUT2D eigenvalue weighted by Gasteiger charge is 2.35. The summed E-state index contributed by atoms with van der Waals surface area (Å²) in [5.74, 6) is 0. The van der Waals surface area contributed by atoms with Crippen LogP contribution in [0.3, 0.4) is 0 Å². The number of aromatic nitrogens is 2. The van der Waals surface area contributed by atoms with Crippen molar-refractivity contribution < 1.29 is 34.8 Å². The normalized spacial score (nSPS) is 12.7. The van der Waals surface area contributed by atoms with E-state index in [0.29, 0.717) is 12.1 Å². The Bertz CT molecular complexity index is 944. The Morgan fingerprint density at radius 3 is 1.92 bits per heavy atom. The van der Waals surface area contributed by atoms with Gasteiger partial charge in [0, 0.05) is 12.4 Å². The van der Waals surface area contributed by atoms with E-state index >= 15 is 0 Å². The number of alkyl halides is 6. The van der Waals surface area contributed by atoms with Gasteiger partial charge in [0.05, 0.1) is 11.1 Å². The van der Waals surface area contributed by atoms with Gasteiger partial charge in [0.25, 0.3) is 0 Å². The zero-order valence-electron chi connectivity index (χ0n) is 11.7. The Balaban J connectivity index is 2.62. The van der Waals surface area contributed by atoms with Gasteiger partial charge in [-0.05, 0) is 18.2 Å². The first-order valence-corrected chi connectivity index (χ1v) is 7.61. The minimum absolute atomic E-state index is 0.181. The molecule has 0 unspecified atom stereocenters. The first-order valence-electron chi connectivity index (χ1n) is 6.13. The molecule has 25 heavy (non-hydrogen) atoms. The molecule has 2 rings (SSSR count). The van der Waals surface area contributed by atoms with Crippen molar-refractivity contribution in [3.63, 3.8) is 0 Å². The van der Waals surface area contributed by atoms with Gasteiger partial charge in [0.2, 0.25) is 9.84 Å². The van der Waals surface area contributed by atoms with Crippen LogP contribution in [0.2, 0.25) is 0 Å². The number of rotatable bonds is 2. The predicted molar refractivity (Wildman–Crippen MR) is 68.6 cm³/mol. The topological polar surface area (TPSA) is 83.7 Å². The van der Waals surface area contributed by atoms with E-state index in [1.54, 1.807) is 0 Å². The molecular formula is C13H5F6N3O2S. The van der Waals surface area contributed by atoms with Crippen molar-refractivity contribution >= 4 is 9.84 Å². The molecule has 0 aliphatic rings. The number of halogens is 6. The lowest BCUT2D eigenvalue weighted by molar-refractivity contribution is -0.138. The standard InChI is InChI=1S/C13H5F6N3O2S/c14-12(15,16)7-1-2-11(22-5-7)25(23,24)10-3-8(13(17,18)19)6-21-9(10)4-20/h1-3,5-6H. The quantitative estimate of drug-likeness (QED) is 0.746. The summed E-state index contributed by atoms with van der Waals surface area (Å²) in [6, 6.07) is 2.40. The maximum atomic E-state index is 12.7. The molecule has 5 nitrogen and oxygen atoms in total. The highest BCUT2D eigenvalue weighted by atomic mass is 32.2. The summed E-state index contributed by atoms with van der Waals surface area (Å²) in [4.78, 5) is 5.18. The van der Waals surface area contributed by atoms with Gasteiger partial charge in [-0.25, -0.2) is 18.4 Å². The van der Waals surface area contributed by atoms with Crippen LogP contribution < -0.4 is 0 Å². The van der Waals surface area contributed by atoms with Crippen molar-refractivity contribution in [1.29, 1.82) is 5.26 Å². The van der Waals surface area contributed by atoms with Crippen LogP contribution in [0.5, 0.6) is 0 Å². The molecular weight excluding hydrogens is 376 g/mol. The molecule has 0 amide bonds. The molecule has 0 saturated heterocycles. The average Bonchev–Trinajstić information content (AvgIpc) is 2.52. The van der Waals surface area contributed by atoms with E-state index < -0.39 is 48.9 Å². The fourth-order valence-electron chi connectivity index (χ4n) is 1.71. The lowest BCUT2D eigenvalue weighted by Gasteiger charge is -2.11. The second-order valence-electron chi connectivity index (χ2n) is 4.57. The number of hydrogen-bond donors (Lipinski definition) is 0. The summed E-state index contributed by atoms with van der Waals surface area (Å²) in [6.07, 6.45) is -9.21. The van der Waals surface area contributed by atoms with Crippen LogP contribution in [0.1, 0.15) is 16.8 Å². The first kappa shape index (κ1) is 18.7. The lowest BCUT2D eigenvalue weighted by Crippen LogP contribution is -2.13. The summed E-state index contributed by atoms with van der Waals surface area (Å²) in [6.45, 7) is 0. The Kier molecular flexibility index (Phi) is 4.47. The van der Waals surface area contributed by atoms with Gasteiger partial charge in [-0.1, -0.05) is 0 Å². The minimum Gasteiger partial charge on any atom is -0.244 e. The van der Waals surface area contributed by atoms with E-state index in [2.05, 4.69) is 9.97 Å². The van der Waals surface area contributed by atoms with E-state index in [1.165, 1.54) is 6.07 Å². The number of nitrogens with zero attached hydrogens (tertiary/aromatic N) is 3. The molecule has 0 saturated carbocycles. The van der Waals surface area contributed by atoms with E-state index in [1.807, 2.05) is 0 Å². The van der Waals surface area contributed by atoms with Crippen molar-refractivity contribution in [3.05, 3.63) is 47.4 Å². The molecule has 0 atom stereocenters. The van der Waals surface area contributed by atoms with Gasteiger partial charge in [-0.2, -0.15) is 31.6 Å². The molecule has 0 aliphatic carbocycles. The summed E-state index contributed by atoms with van der Waals surface area (Å²) in [5, 5.41) is 7.90. The number of nitriles is 1. The molecule has 132 valence electrons. The second-order valence-corrected chi connectivity index (χ2v) is 6.43. The van der Waals surface area contributed by atoms with Gasteiger partial charge in [0.15, 0.2) is 10.7 Å². The summed E-state index contributed by atoms with van der Waals surface area (Å²) in [5.41, 5.74) is -3.51. The average molecular weight is 381 g/mol. The Hall–Kier alpha value is -2.68. The zero-order chi connectivity index (χ0) is 19.0. The fourth-order valence-corrected chi connectivity index (χ4v) is 3.01. The van der Waals surface area contributed by atoms with Gasteiger partial charge in [0.1, 0.15) is 11.0 Å². The Morgan fingerprint density at radius 2 is 1.48 bits per heavy atom. The second kappa shape index (κ2) is 5.99. The van der Waals surface area contributed by atoms with Crippen LogP contribution in [-0.2, 0) is 22.2 Å². The van der Waals surface area contributed by atoms with E-state index in [-0.39, 0.29) is 18.5 Å². The summed E-state index contributed by atoms with van der Waals surface area (Å²) >= 11 is 0. The van der Waals surface area contributed by atoms with Crippen molar-refractivity contribution in [2.24, 2.45) is 0 Å². The molecule has 2 aromatic rings. The molecule has 2 aromatic heterocycles. The first-order chi connectivity index (χ1) is 11.4. The van der Waals surface area contributed by atoms with Crippen LogP contribution in [0.4, 0.5) is 26.3 Å². The highest BCUT2D eigenvalue weighted by molar-refractivity contribution is 7.91. The lowest BCUT2D eigenvalue weighted by atomic mass is 10.2. The summed E-state index contributed by atoms with van der Waals surface area (Å²) < 4.78 is 100. The molecule has 0 spiro atoms. The maximum absolute atomic E-state index is 12.7. The molecule has 2 heterocycles. The third-order valence-electron chi connectivity index (χ3n) is 2.91. The third-order valence-corrected chi connectivity index (χ3v) is 4.60. The molecule has 0 bridgehead atoms. The largest absolute Gasteiger partial charge is 0.417 e. The van der Waals surface area contributed by atoms with Crippen molar-refractivity contribution in [3.8, 4) is 6.07 Å². The fraction of sp³-hybridized carbons (Fsp3) is 0.154. The van der Waals surface area contributed by atoms with E-state index in [9.17, 15) is 34.8 Å².